The molecular formula is C19H23FN4O3. The van der Waals surface area contributed by atoms with Crippen LogP contribution in [0.5, 0.6) is 0 Å². The Kier molecular flexibility index (Phi) is 4.92. The molecule has 3 amide bonds. The van der Waals surface area contributed by atoms with Gasteiger partial charge in [-0.3, -0.25) is 19.7 Å². The first-order chi connectivity index (χ1) is 13.0. The number of nitrogens with zero attached hydrogens (tertiary/aromatic N) is 1. The first-order valence-corrected chi connectivity index (χ1v) is 9.38. The summed E-state index contributed by atoms with van der Waals surface area (Å²) in [5.74, 6) is -0.914. The van der Waals surface area contributed by atoms with Crippen LogP contribution in [-0.2, 0) is 22.7 Å². The molecule has 0 aliphatic carbocycles. The van der Waals surface area contributed by atoms with E-state index in [0.29, 0.717) is 44.6 Å². The SMILES string of the molecule is O=C1CCC(N2Cc3cccc(CN[C@H]4CNCC[C@H]4F)c3C2=O)C(=O)N1. The van der Waals surface area contributed by atoms with Crippen molar-refractivity contribution >= 4 is 17.7 Å². The van der Waals surface area contributed by atoms with Gasteiger partial charge < -0.3 is 15.5 Å². The van der Waals surface area contributed by atoms with E-state index in [1.54, 1.807) is 0 Å². The number of alkyl halides is 1. The smallest absolute Gasteiger partial charge is 0.255 e. The van der Waals surface area contributed by atoms with Crippen molar-refractivity contribution in [3.63, 3.8) is 0 Å². The Morgan fingerprint density at radius 3 is 2.85 bits per heavy atom. The molecule has 0 aromatic heterocycles. The van der Waals surface area contributed by atoms with Gasteiger partial charge in [-0.25, -0.2) is 4.39 Å². The van der Waals surface area contributed by atoms with Crippen LogP contribution in [0.25, 0.3) is 0 Å². The third kappa shape index (κ3) is 3.46. The number of imide groups is 1. The number of nitrogens with one attached hydrogen (secondary N) is 3. The average Bonchev–Trinajstić information content (AvgIpc) is 2.98. The minimum absolute atomic E-state index is 0.199. The number of fused-ring (bicyclic) bond motifs is 1. The van der Waals surface area contributed by atoms with Gasteiger partial charge in [0.2, 0.25) is 11.8 Å². The van der Waals surface area contributed by atoms with Gasteiger partial charge in [0, 0.05) is 31.6 Å². The molecule has 144 valence electrons. The topological polar surface area (TPSA) is 90.5 Å². The van der Waals surface area contributed by atoms with Crippen LogP contribution in [0.15, 0.2) is 18.2 Å². The summed E-state index contributed by atoms with van der Waals surface area (Å²) in [5.41, 5.74) is 2.27. The molecule has 1 unspecified atom stereocenters. The maximum atomic E-state index is 14.0. The lowest BCUT2D eigenvalue weighted by atomic mass is 10.0. The second-order valence-corrected chi connectivity index (χ2v) is 7.35. The van der Waals surface area contributed by atoms with E-state index in [4.69, 9.17) is 0 Å². The van der Waals surface area contributed by atoms with Gasteiger partial charge in [0.05, 0.1) is 6.04 Å². The molecule has 4 rings (SSSR count). The second kappa shape index (κ2) is 7.36. The van der Waals surface area contributed by atoms with E-state index in [2.05, 4.69) is 16.0 Å². The van der Waals surface area contributed by atoms with Gasteiger partial charge in [-0.05, 0) is 30.5 Å². The summed E-state index contributed by atoms with van der Waals surface area (Å²) in [6, 6.07) is 4.71. The zero-order valence-electron chi connectivity index (χ0n) is 15.0. The molecule has 0 radical (unpaired) electrons. The zero-order chi connectivity index (χ0) is 19.0. The molecule has 0 saturated carbocycles. The number of carbonyl (C=O) groups excluding carboxylic acids is 3. The molecule has 8 heteroatoms. The third-order valence-corrected chi connectivity index (χ3v) is 5.59. The largest absolute Gasteiger partial charge is 0.322 e. The van der Waals surface area contributed by atoms with Crippen molar-refractivity contribution in [3.8, 4) is 0 Å². The Morgan fingerprint density at radius 1 is 1.22 bits per heavy atom. The fraction of sp³-hybridized carbons (Fsp3) is 0.526. The maximum Gasteiger partial charge on any atom is 0.255 e. The van der Waals surface area contributed by atoms with Crippen LogP contribution in [0.3, 0.4) is 0 Å². The maximum absolute atomic E-state index is 14.0. The second-order valence-electron chi connectivity index (χ2n) is 7.35. The molecule has 3 aliphatic rings. The molecule has 1 aromatic rings. The van der Waals surface area contributed by atoms with Crippen molar-refractivity contribution in [3.05, 3.63) is 34.9 Å². The van der Waals surface area contributed by atoms with E-state index in [9.17, 15) is 18.8 Å². The minimum Gasteiger partial charge on any atom is -0.322 e. The number of amides is 3. The fourth-order valence-corrected chi connectivity index (χ4v) is 4.10. The number of carbonyl (C=O) groups is 3. The van der Waals surface area contributed by atoms with Crippen LogP contribution >= 0.6 is 0 Å². The highest BCUT2D eigenvalue weighted by molar-refractivity contribution is 6.05. The molecule has 0 bridgehead atoms. The van der Waals surface area contributed by atoms with E-state index in [0.717, 1.165) is 11.1 Å². The van der Waals surface area contributed by atoms with Crippen LogP contribution < -0.4 is 16.0 Å². The highest BCUT2D eigenvalue weighted by Gasteiger charge is 2.40. The number of rotatable bonds is 4. The quantitative estimate of drug-likeness (QED) is 0.657. The normalized spacial score (nSPS) is 28.3. The summed E-state index contributed by atoms with van der Waals surface area (Å²) in [6.45, 7) is 1.99. The lowest BCUT2D eigenvalue weighted by Crippen LogP contribution is -2.52. The Balaban J connectivity index is 1.49. The van der Waals surface area contributed by atoms with E-state index in [-0.39, 0.29) is 24.3 Å². The van der Waals surface area contributed by atoms with Crippen LogP contribution in [0.1, 0.15) is 40.7 Å². The van der Waals surface area contributed by atoms with Crippen molar-refractivity contribution < 1.29 is 18.8 Å². The molecule has 0 spiro atoms. The molecule has 1 aromatic carbocycles. The molecule has 7 nitrogen and oxygen atoms in total. The molecule has 3 atom stereocenters. The molecule has 2 fully saturated rings. The highest BCUT2D eigenvalue weighted by Crippen LogP contribution is 2.30. The average molecular weight is 374 g/mol. The van der Waals surface area contributed by atoms with Crippen molar-refractivity contribution in [2.24, 2.45) is 0 Å². The number of benzene rings is 1. The van der Waals surface area contributed by atoms with E-state index < -0.39 is 18.1 Å². The van der Waals surface area contributed by atoms with Crippen molar-refractivity contribution in [1.82, 2.24) is 20.9 Å². The van der Waals surface area contributed by atoms with Crippen LogP contribution in [0.4, 0.5) is 4.39 Å². The van der Waals surface area contributed by atoms with Crippen LogP contribution in [0, 0.1) is 0 Å². The molecule has 3 aliphatic heterocycles. The summed E-state index contributed by atoms with van der Waals surface area (Å²) in [6.07, 6.45) is 0.151. The van der Waals surface area contributed by atoms with E-state index in [1.807, 2.05) is 18.2 Å². The van der Waals surface area contributed by atoms with Crippen LogP contribution in [-0.4, -0.2) is 54.0 Å². The van der Waals surface area contributed by atoms with E-state index in [1.165, 1.54) is 4.90 Å². The monoisotopic (exact) mass is 374 g/mol. The van der Waals surface area contributed by atoms with Gasteiger partial charge in [0.1, 0.15) is 12.2 Å². The van der Waals surface area contributed by atoms with Crippen molar-refractivity contribution in [2.75, 3.05) is 13.1 Å². The standard InChI is InChI=1S/C19H23FN4O3/c20-13-6-7-21-9-14(13)22-8-11-2-1-3-12-10-24(19(27)17(11)12)15-4-5-16(25)23-18(15)26/h1-3,13-15,21-22H,4-10H2,(H,23,25,26)/t13-,14+,15?/m1/s1. The number of hydrogen-bond acceptors (Lipinski definition) is 5. The van der Waals surface area contributed by atoms with Crippen molar-refractivity contribution in [1.29, 1.82) is 0 Å². The summed E-state index contributed by atoms with van der Waals surface area (Å²) in [5, 5.41) is 8.69. The number of hydrogen-bond donors (Lipinski definition) is 3. The summed E-state index contributed by atoms with van der Waals surface area (Å²) < 4.78 is 14.0. The molecular weight excluding hydrogens is 351 g/mol. The third-order valence-electron chi connectivity index (χ3n) is 5.59. The zero-order valence-corrected chi connectivity index (χ0v) is 15.0. The van der Waals surface area contributed by atoms with Gasteiger partial charge in [0.25, 0.3) is 5.91 Å². The number of halogens is 1. The Bertz CT molecular complexity index is 784. The van der Waals surface area contributed by atoms with Gasteiger partial charge >= 0.3 is 0 Å². The van der Waals surface area contributed by atoms with E-state index >= 15 is 0 Å². The Morgan fingerprint density at radius 2 is 2.07 bits per heavy atom. The van der Waals surface area contributed by atoms with Gasteiger partial charge in [-0.15, -0.1) is 0 Å². The first kappa shape index (κ1) is 18.1. The fourth-order valence-electron chi connectivity index (χ4n) is 4.10. The summed E-state index contributed by atoms with van der Waals surface area (Å²) >= 11 is 0. The lowest BCUT2D eigenvalue weighted by molar-refractivity contribution is -0.136. The highest BCUT2D eigenvalue weighted by atomic mass is 19.1. The van der Waals surface area contributed by atoms with Gasteiger partial charge in [-0.1, -0.05) is 18.2 Å². The minimum atomic E-state index is -0.904. The van der Waals surface area contributed by atoms with Gasteiger partial charge in [-0.2, -0.15) is 0 Å². The number of piperidine rings is 2. The molecule has 3 heterocycles. The summed E-state index contributed by atoms with van der Waals surface area (Å²) in [7, 11) is 0. The predicted molar refractivity (Wildman–Crippen MR) is 95.5 cm³/mol. The van der Waals surface area contributed by atoms with Gasteiger partial charge in [0.15, 0.2) is 0 Å². The first-order valence-electron chi connectivity index (χ1n) is 9.38. The summed E-state index contributed by atoms with van der Waals surface area (Å²) in [4.78, 5) is 38.1. The predicted octanol–water partition coefficient (Wildman–Crippen LogP) is 0.237. The lowest BCUT2D eigenvalue weighted by Gasteiger charge is -2.29. The Hall–Kier alpha value is -2.32. The van der Waals surface area contributed by atoms with Crippen molar-refractivity contribution in [2.45, 2.75) is 50.6 Å². The molecule has 2 saturated heterocycles. The molecule has 27 heavy (non-hydrogen) atoms. The Labute approximate surface area is 156 Å². The van der Waals surface area contributed by atoms with Crippen LogP contribution in [0.2, 0.25) is 0 Å². The molecule has 3 N–H and O–H groups in total.